The summed E-state index contributed by atoms with van der Waals surface area (Å²) in [6.07, 6.45) is -0.129. The number of nitrogen functional groups attached to an aromatic ring is 1. The first-order valence-electron chi connectivity index (χ1n) is 12.5. The molecule has 0 unspecified atom stereocenters. The van der Waals surface area contributed by atoms with Crippen LogP contribution in [0, 0.1) is 5.82 Å². The third kappa shape index (κ3) is 5.70. The van der Waals surface area contributed by atoms with E-state index < -0.39 is 11.9 Å². The largest absolute Gasteiger partial charge is 0.444 e. The fraction of sp³-hybridized carbons (Fsp3) is 0.385. The summed E-state index contributed by atoms with van der Waals surface area (Å²) in [7, 11) is 0. The standard InChI is InChI=1S/C26H30FN7O4/c1-16(35)2-5-19-14-34(26(37)38-19)18-4-7-23(20(27)13-18)33-10-8-32(9-11-33)15-24(36)29-17-3-6-21-22(12-17)31-25(28)30-21/h3-4,6-7,12-13,19H,2,5,8-11,14-15H2,1H3,(H,29,36)(H3,28,30,31)/t19-/m0/s1. The van der Waals surface area contributed by atoms with Crippen LogP contribution in [0.5, 0.6) is 0 Å². The molecular weight excluding hydrogens is 493 g/mol. The van der Waals surface area contributed by atoms with Crippen molar-refractivity contribution >= 4 is 51.8 Å². The van der Waals surface area contributed by atoms with Crippen molar-refractivity contribution in [1.29, 1.82) is 0 Å². The summed E-state index contributed by atoms with van der Waals surface area (Å²) in [4.78, 5) is 48.5. The van der Waals surface area contributed by atoms with Gasteiger partial charge in [0, 0.05) is 38.3 Å². The number of aromatic nitrogens is 2. The number of amides is 2. The molecule has 11 nitrogen and oxygen atoms in total. The Hall–Kier alpha value is -4.19. The number of halogens is 1. The third-order valence-electron chi connectivity index (χ3n) is 6.80. The molecule has 3 heterocycles. The van der Waals surface area contributed by atoms with Gasteiger partial charge in [-0.05, 0) is 49.7 Å². The second kappa shape index (κ2) is 10.7. The second-order valence-electron chi connectivity index (χ2n) is 9.66. The molecule has 0 spiro atoms. The molecule has 12 heteroatoms. The summed E-state index contributed by atoms with van der Waals surface area (Å²) in [6, 6.07) is 10.1. The first-order chi connectivity index (χ1) is 18.2. The van der Waals surface area contributed by atoms with Crippen LogP contribution in [-0.4, -0.2) is 78.0 Å². The maximum absolute atomic E-state index is 15.1. The van der Waals surface area contributed by atoms with Crippen molar-refractivity contribution in [3.8, 4) is 0 Å². The summed E-state index contributed by atoms with van der Waals surface area (Å²) >= 11 is 0. The van der Waals surface area contributed by atoms with E-state index >= 15 is 4.39 Å². The molecule has 0 saturated carbocycles. The number of Topliss-reactive ketones (excluding diaryl/α,β-unsaturated/α-hetero) is 1. The van der Waals surface area contributed by atoms with Crippen LogP contribution in [-0.2, 0) is 14.3 Å². The van der Waals surface area contributed by atoms with Crippen molar-refractivity contribution in [2.24, 2.45) is 0 Å². The smallest absolute Gasteiger partial charge is 0.414 e. The molecule has 38 heavy (non-hydrogen) atoms. The van der Waals surface area contributed by atoms with Gasteiger partial charge >= 0.3 is 6.09 Å². The zero-order valence-electron chi connectivity index (χ0n) is 21.1. The maximum atomic E-state index is 15.1. The Bertz CT molecular complexity index is 1370. The molecule has 0 radical (unpaired) electrons. The van der Waals surface area contributed by atoms with Crippen molar-refractivity contribution in [3.05, 3.63) is 42.2 Å². The van der Waals surface area contributed by atoms with Crippen molar-refractivity contribution in [2.75, 3.05) is 60.1 Å². The number of hydrogen-bond acceptors (Lipinski definition) is 8. The first-order valence-corrected chi connectivity index (χ1v) is 12.5. The highest BCUT2D eigenvalue weighted by molar-refractivity contribution is 5.94. The SMILES string of the molecule is CC(=O)CC[C@H]1CN(c2ccc(N3CCN(CC(=O)Nc4ccc5nc(N)[nH]c5c4)CC3)c(F)c2)C(=O)O1. The molecular formula is C26H30FN7O4. The van der Waals surface area contributed by atoms with E-state index in [-0.39, 0.29) is 30.9 Å². The van der Waals surface area contributed by atoms with Crippen molar-refractivity contribution in [2.45, 2.75) is 25.9 Å². The van der Waals surface area contributed by atoms with Gasteiger partial charge in [-0.25, -0.2) is 14.2 Å². The molecule has 2 aromatic carbocycles. The van der Waals surface area contributed by atoms with Gasteiger partial charge in [-0.15, -0.1) is 0 Å². The molecule has 1 aromatic heterocycles. The summed E-state index contributed by atoms with van der Waals surface area (Å²) in [6.45, 7) is 4.32. The Morgan fingerprint density at radius 3 is 2.71 bits per heavy atom. The molecule has 2 amide bonds. The minimum atomic E-state index is -0.536. The van der Waals surface area contributed by atoms with Crippen LogP contribution in [0.3, 0.4) is 0 Å². The molecule has 0 aliphatic carbocycles. The summed E-state index contributed by atoms with van der Waals surface area (Å²) in [5.74, 6) is -0.210. The number of nitrogens with one attached hydrogen (secondary N) is 2. The molecule has 2 saturated heterocycles. The summed E-state index contributed by atoms with van der Waals surface area (Å²) in [5.41, 5.74) is 8.67. The number of hydrogen-bond donors (Lipinski definition) is 3. The van der Waals surface area contributed by atoms with Crippen LogP contribution >= 0.6 is 0 Å². The van der Waals surface area contributed by atoms with E-state index in [1.54, 1.807) is 30.3 Å². The van der Waals surface area contributed by atoms with E-state index in [1.807, 2.05) is 9.80 Å². The number of benzene rings is 2. The number of ether oxygens (including phenoxy) is 1. The molecule has 3 aromatic rings. The lowest BCUT2D eigenvalue weighted by molar-refractivity contribution is -0.118. The number of carbonyl (C=O) groups is 3. The number of imidazole rings is 1. The summed E-state index contributed by atoms with van der Waals surface area (Å²) in [5, 5.41) is 2.89. The number of H-pyrrole nitrogens is 1. The first kappa shape index (κ1) is 25.5. The fourth-order valence-electron chi connectivity index (χ4n) is 4.82. The number of nitrogens with two attached hydrogens (primary N) is 1. The Balaban J connectivity index is 1.13. The van der Waals surface area contributed by atoms with E-state index in [2.05, 4.69) is 15.3 Å². The van der Waals surface area contributed by atoms with Gasteiger partial charge in [0.2, 0.25) is 5.91 Å². The zero-order valence-corrected chi connectivity index (χ0v) is 21.1. The number of fused-ring (bicyclic) bond motifs is 1. The molecule has 2 fully saturated rings. The highest BCUT2D eigenvalue weighted by Gasteiger charge is 2.33. The fourth-order valence-corrected chi connectivity index (χ4v) is 4.82. The number of nitrogens with zero attached hydrogens (tertiary/aromatic N) is 4. The second-order valence-corrected chi connectivity index (χ2v) is 9.66. The lowest BCUT2D eigenvalue weighted by atomic mass is 10.1. The van der Waals surface area contributed by atoms with E-state index in [1.165, 1.54) is 17.9 Å². The number of cyclic esters (lactones) is 1. The van der Waals surface area contributed by atoms with Gasteiger partial charge in [-0.2, -0.15) is 0 Å². The van der Waals surface area contributed by atoms with Gasteiger partial charge < -0.3 is 30.5 Å². The average Bonchev–Trinajstić information content (AvgIpc) is 3.44. The minimum Gasteiger partial charge on any atom is -0.444 e. The van der Waals surface area contributed by atoms with E-state index in [0.717, 1.165) is 11.0 Å². The van der Waals surface area contributed by atoms with Crippen molar-refractivity contribution in [1.82, 2.24) is 14.9 Å². The van der Waals surface area contributed by atoms with Crippen LogP contribution < -0.4 is 20.9 Å². The number of carbonyl (C=O) groups excluding carboxylic acids is 3. The number of rotatable bonds is 8. The number of piperazine rings is 1. The van der Waals surface area contributed by atoms with Crippen LogP contribution in [0.1, 0.15) is 19.8 Å². The number of anilines is 4. The lowest BCUT2D eigenvalue weighted by Gasteiger charge is -2.36. The predicted octanol–water partition coefficient (Wildman–Crippen LogP) is 2.74. The zero-order chi connectivity index (χ0) is 26.8. The van der Waals surface area contributed by atoms with Crippen LogP contribution in [0.4, 0.5) is 32.2 Å². The Morgan fingerprint density at radius 2 is 1.97 bits per heavy atom. The minimum absolute atomic E-state index is 0.0359. The molecule has 4 N–H and O–H groups in total. The Kier molecular flexibility index (Phi) is 7.14. The molecule has 2 aliphatic rings. The van der Waals surface area contributed by atoms with Gasteiger partial charge in [0.1, 0.15) is 17.7 Å². The lowest BCUT2D eigenvalue weighted by Crippen LogP contribution is -2.49. The topological polar surface area (TPSA) is 137 Å². The Labute approximate surface area is 218 Å². The highest BCUT2D eigenvalue weighted by Crippen LogP contribution is 2.29. The van der Waals surface area contributed by atoms with E-state index in [0.29, 0.717) is 62.0 Å². The van der Waals surface area contributed by atoms with E-state index in [4.69, 9.17) is 10.5 Å². The quantitative estimate of drug-likeness (QED) is 0.410. The van der Waals surface area contributed by atoms with Crippen molar-refractivity contribution < 1.29 is 23.5 Å². The summed E-state index contributed by atoms with van der Waals surface area (Å²) < 4.78 is 20.4. The molecule has 200 valence electrons. The van der Waals surface area contributed by atoms with Gasteiger partial charge in [0.05, 0.1) is 35.5 Å². The predicted molar refractivity (Wildman–Crippen MR) is 142 cm³/mol. The van der Waals surface area contributed by atoms with Crippen LogP contribution in [0.2, 0.25) is 0 Å². The molecule has 0 bridgehead atoms. The third-order valence-corrected chi connectivity index (χ3v) is 6.80. The van der Waals surface area contributed by atoms with Gasteiger partial charge in [-0.3, -0.25) is 14.6 Å². The van der Waals surface area contributed by atoms with Crippen LogP contribution in [0.25, 0.3) is 11.0 Å². The van der Waals surface area contributed by atoms with Crippen LogP contribution in [0.15, 0.2) is 36.4 Å². The number of ketones is 1. The maximum Gasteiger partial charge on any atom is 0.414 e. The van der Waals surface area contributed by atoms with Gasteiger partial charge in [-0.1, -0.05) is 0 Å². The van der Waals surface area contributed by atoms with E-state index in [9.17, 15) is 14.4 Å². The molecule has 2 aliphatic heterocycles. The van der Waals surface area contributed by atoms with Gasteiger partial charge in [0.25, 0.3) is 0 Å². The highest BCUT2D eigenvalue weighted by atomic mass is 19.1. The Morgan fingerprint density at radius 1 is 1.18 bits per heavy atom. The van der Waals surface area contributed by atoms with Crippen molar-refractivity contribution in [3.63, 3.8) is 0 Å². The average molecular weight is 524 g/mol. The normalized spacial score (nSPS) is 18.2. The molecule has 1 atom stereocenters. The monoisotopic (exact) mass is 523 g/mol. The number of aromatic amines is 1. The van der Waals surface area contributed by atoms with Gasteiger partial charge in [0.15, 0.2) is 5.95 Å². The molecule has 5 rings (SSSR count).